The van der Waals surface area contributed by atoms with Gasteiger partial charge in [-0.1, -0.05) is 121 Å². The van der Waals surface area contributed by atoms with Crippen molar-refractivity contribution in [2.75, 3.05) is 0 Å². The van der Waals surface area contributed by atoms with Crippen molar-refractivity contribution in [1.29, 1.82) is 0 Å². The van der Waals surface area contributed by atoms with E-state index in [0.717, 1.165) is 22.7 Å². The smallest absolute Gasteiger partial charge is 1.00 e. The molecule has 0 aliphatic carbocycles. The first-order valence-electron chi connectivity index (χ1n) is 8.54. The van der Waals surface area contributed by atoms with Crippen LogP contribution in [0.4, 0.5) is 22.7 Å². The zero-order chi connectivity index (χ0) is 17.9. The van der Waals surface area contributed by atoms with E-state index in [-0.39, 0.29) is 35.3 Å². The molecule has 5 heteroatoms. The topological polar surface area (TPSA) is 28.2 Å². The van der Waals surface area contributed by atoms with E-state index >= 15 is 0 Å². The van der Waals surface area contributed by atoms with Gasteiger partial charge in [0.1, 0.15) is 0 Å². The van der Waals surface area contributed by atoms with Gasteiger partial charge in [0.15, 0.2) is 0 Å². The van der Waals surface area contributed by atoms with Crippen LogP contribution < -0.4 is 9.41 Å². The molecule has 0 bridgehead atoms. The molecule has 144 valence electrons. The maximum Gasteiger partial charge on any atom is 4.00 e. The molecule has 0 spiro atoms. The van der Waals surface area contributed by atoms with Crippen molar-refractivity contribution in [1.82, 2.24) is 0 Å². The van der Waals surface area contributed by atoms with Crippen LogP contribution in [0.5, 0.6) is 0 Å². The Labute approximate surface area is 189 Å². The predicted molar refractivity (Wildman–Crippen MR) is 111 cm³/mol. The summed E-state index contributed by atoms with van der Waals surface area (Å²) < 4.78 is 0. The Morgan fingerprint density at radius 1 is 0.310 bits per heavy atom. The SMILES string of the molecule is [F-].[F-].[Hf+4].c1ccc([N-]c2ccccc2)cc1.c1ccc([N-]c2ccccc2)cc1. The van der Waals surface area contributed by atoms with Gasteiger partial charge >= 0.3 is 25.8 Å². The molecular weight excluding hydrogens is 533 g/mol. The normalized spacial score (nSPS) is 8.55. The number of halogens is 2. The summed E-state index contributed by atoms with van der Waals surface area (Å²) >= 11 is 0. The van der Waals surface area contributed by atoms with Crippen molar-refractivity contribution in [3.8, 4) is 0 Å². The Bertz CT molecular complexity index is 725. The summed E-state index contributed by atoms with van der Waals surface area (Å²) in [6.07, 6.45) is 0. The van der Waals surface area contributed by atoms with Crippen molar-refractivity contribution in [3.63, 3.8) is 0 Å². The third kappa shape index (κ3) is 9.81. The van der Waals surface area contributed by atoms with E-state index in [1.807, 2.05) is 121 Å². The number of rotatable bonds is 4. The number of hydrogen-bond donors (Lipinski definition) is 0. The molecule has 0 N–H and O–H groups in total. The second-order valence-electron chi connectivity index (χ2n) is 5.57. The van der Waals surface area contributed by atoms with Gasteiger partial charge in [-0.25, -0.2) is 0 Å². The Morgan fingerprint density at radius 3 is 0.655 bits per heavy atom. The van der Waals surface area contributed by atoms with Crippen LogP contribution in [0.2, 0.25) is 0 Å². The van der Waals surface area contributed by atoms with Crippen LogP contribution in [0, 0.1) is 0 Å². The largest absolute Gasteiger partial charge is 4.00 e. The Balaban J connectivity index is 0.000000490. The quantitative estimate of drug-likeness (QED) is 0.347. The van der Waals surface area contributed by atoms with E-state index in [1.54, 1.807) is 0 Å². The zero-order valence-electron chi connectivity index (χ0n) is 15.7. The molecule has 0 atom stereocenters. The van der Waals surface area contributed by atoms with E-state index in [4.69, 9.17) is 0 Å². The standard InChI is InChI=1S/2C12H10N.2FH.Hf/c2*1-3-7-11(8-4-1)13-12-9-5-2-6-10-12;;;/h2*1-10H;2*1H;/q2*-1;;;+4/p-2. The third-order valence-electron chi connectivity index (χ3n) is 3.54. The van der Waals surface area contributed by atoms with Gasteiger partial charge in [-0.3, -0.25) is 0 Å². The Morgan fingerprint density at radius 2 is 0.483 bits per heavy atom. The van der Waals surface area contributed by atoms with Crippen LogP contribution in [-0.4, -0.2) is 0 Å². The molecule has 0 aliphatic rings. The molecule has 0 aliphatic heterocycles. The average molecular weight is 553 g/mol. The molecule has 2 nitrogen and oxygen atoms in total. The summed E-state index contributed by atoms with van der Waals surface area (Å²) in [6, 6.07) is 39.8. The molecule has 0 saturated heterocycles. The van der Waals surface area contributed by atoms with Crippen LogP contribution in [0.1, 0.15) is 0 Å². The minimum atomic E-state index is 0. The van der Waals surface area contributed by atoms with E-state index in [9.17, 15) is 0 Å². The molecule has 0 fully saturated rings. The average Bonchev–Trinajstić information content (AvgIpc) is 2.72. The van der Waals surface area contributed by atoms with E-state index < -0.39 is 0 Å². The van der Waals surface area contributed by atoms with Crippen LogP contribution in [-0.2, 0) is 25.8 Å². The van der Waals surface area contributed by atoms with E-state index in [2.05, 4.69) is 10.6 Å². The maximum absolute atomic E-state index is 4.44. The number of hydrogen-bond acceptors (Lipinski definition) is 0. The monoisotopic (exact) mass is 554 g/mol. The van der Waals surface area contributed by atoms with Crippen molar-refractivity contribution in [3.05, 3.63) is 132 Å². The molecule has 0 heterocycles. The predicted octanol–water partition coefficient (Wildman–Crippen LogP) is 2.05. The van der Waals surface area contributed by atoms with Gasteiger partial charge in [-0.2, -0.15) is 0 Å². The van der Waals surface area contributed by atoms with Gasteiger partial charge in [0.25, 0.3) is 0 Å². The van der Waals surface area contributed by atoms with Crippen LogP contribution in [0.3, 0.4) is 0 Å². The minimum Gasteiger partial charge on any atom is -1.00 e. The second kappa shape index (κ2) is 15.2. The van der Waals surface area contributed by atoms with Crippen LogP contribution >= 0.6 is 0 Å². The molecule has 4 aromatic rings. The molecule has 0 unspecified atom stereocenters. The molecule has 0 saturated carbocycles. The fourth-order valence-corrected chi connectivity index (χ4v) is 2.31. The fourth-order valence-electron chi connectivity index (χ4n) is 2.31. The summed E-state index contributed by atoms with van der Waals surface area (Å²) in [7, 11) is 0. The Hall–Kier alpha value is -2.79. The molecule has 4 aromatic carbocycles. The van der Waals surface area contributed by atoms with Gasteiger partial charge < -0.3 is 20.0 Å². The maximum atomic E-state index is 4.44. The molecule has 0 aromatic heterocycles. The molecule has 0 radical (unpaired) electrons. The summed E-state index contributed by atoms with van der Waals surface area (Å²) in [5, 5.41) is 8.88. The number of benzene rings is 4. The van der Waals surface area contributed by atoms with Gasteiger partial charge in [0.2, 0.25) is 0 Å². The molecule has 29 heavy (non-hydrogen) atoms. The van der Waals surface area contributed by atoms with Crippen LogP contribution in [0.15, 0.2) is 121 Å². The van der Waals surface area contributed by atoms with Crippen LogP contribution in [0.25, 0.3) is 10.6 Å². The zero-order valence-corrected chi connectivity index (χ0v) is 19.3. The number of para-hydroxylation sites is 4. The second-order valence-corrected chi connectivity index (χ2v) is 5.57. The number of nitrogens with zero attached hydrogens (tertiary/aromatic N) is 2. The van der Waals surface area contributed by atoms with Gasteiger partial charge in [-0.15, -0.1) is 22.7 Å². The molecular formula is C24H20F2HfN2. The fraction of sp³-hybridized carbons (Fsp3) is 0. The third-order valence-corrected chi connectivity index (χ3v) is 3.54. The van der Waals surface area contributed by atoms with Crippen molar-refractivity contribution < 1.29 is 35.3 Å². The van der Waals surface area contributed by atoms with Gasteiger partial charge in [0, 0.05) is 0 Å². The first-order valence-corrected chi connectivity index (χ1v) is 8.54. The summed E-state index contributed by atoms with van der Waals surface area (Å²) in [6.45, 7) is 0. The molecule has 0 amide bonds. The summed E-state index contributed by atoms with van der Waals surface area (Å²) in [4.78, 5) is 0. The summed E-state index contributed by atoms with van der Waals surface area (Å²) in [5.74, 6) is 0. The van der Waals surface area contributed by atoms with Crippen molar-refractivity contribution in [2.24, 2.45) is 0 Å². The molecule has 4 rings (SSSR count). The van der Waals surface area contributed by atoms with Gasteiger partial charge in [0.05, 0.1) is 0 Å². The minimum absolute atomic E-state index is 0. The van der Waals surface area contributed by atoms with Crippen molar-refractivity contribution >= 4 is 22.7 Å². The first kappa shape index (κ1) is 26.2. The Kier molecular flexibility index (Phi) is 13.7. The summed E-state index contributed by atoms with van der Waals surface area (Å²) in [5.41, 5.74) is 3.98. The van der Waals surface area contributed by atoms with Gasteiger partial charge in [-0.05, 0) is 0 Å². The van der Waals surface area contributed by atoms with E-state index in [1.165, 1.54) is 0 Å². The first-order chi connectivity index (χ1) is 12.9. The van der Waals surface area contributed by atoms with E-state index in [0.29, 0.717) is 0 Å². The van der Waals surface area contributed by atoms with Crippen molar-refractivity contribution in [2.45, 2.75) is 0 Å².